The highest BCUT2D eigenvalue weighted by molar-refractivity contribution is 5.91. The fourth-order valence-corrected chi connectivity index (χ4v) is 3.22. The molecule has 6 heteroatoms. The monoisotopic (exact) mass is 396 g/mol. The average Bonchev–Trinajstić information content (AvgIpc) is 2.74. The molecule has 1 heterocycles. The molecular formula is C23H28N2O4. The van der Waals surface area contributed by atoms with Crippen molar-refractivity contribution in [1.29, 1.82) is 0 Å². The molecule has 154 valence electrons. The molecule has 1 saturated heterocycles. The minimum Gasteiger partial charge on any atom is -0.452 e. The highest BCUT2D eigenvalue weighted by Gasteiger charge is 2.15. The Hall–Kier alpha value is -2.70. The number of hydrogen-bond donors (Lipinski definition) is 0. The maximum absolute atomic E-state index is 12.3. The molecule has 0 atom stereocenters. The van der Waals surface area contributed by atoms with Gasteiger partial charge in [0.1, 0.15) is 0 Å². The summed E-state index contributed by atoms with van der Waals surface area (Å²) in [5.41, 5.74) is 3.79. The second-order valence-corrected chi connectivity index (χ2v) is 7.34. The van der Waals surface area contributed by atoms with Crippen molar-refractivity contribution < 1.29 is 19.1 Å². The lowest BCUT2D eigenvalue weighted by Crippen LogP contribution is -2.35. The van der Waals surface area contributed by atoms with Crippen molar-refractivity contribution in [2.24, 2.45) is 0 Å². The molecule has 2 aromatic carbocycles. The first-order valence-electron chi connectivity index (χ1n) is 9.87. The second-order valence-electron chi connectivity index (χ2n) is 7.34. The second kappa shape index (κ2) is 10.2. The molecule has 0 spiro atoms. The number of morpholine rings is 1. The van der Waals surface area contributed by atoms with Crippen LogP contribution in [0.4, 0.5) is 0 Å². The van der Waals surface area contributed by atoms with E-state index in [0.717, 1.165) is 49.5 Å². The SMILES string of the molecule is Cc1ccccc1CN(C)C(=O)COC(=O)c1ccc(CN2CCOCC2)cc1. The highest BCUT2D eigenvalue weighted by atomic mass is 16.5. The van der Waals surface area contributed by atoms with Gasteiger partial charge in [0.2, 0.25) is 0 Å². The lowest BCUT2D eigenvalue weighted by molar-refractivity contribution is -0.133. The summed E-state index contributed by atoms with van der Waals surface area (Å²) in [6.07, 6.45) is 0. The zero-order chi connectivity index (χ0) is 20.6. The van der Waals surface area contributed by atoms with E-state index in [-0.39, 0.29) is 12.5 Å². The summed E-state index contributed by atoms with van der Waals surface area (Å²) in [4.78, 5) is 28.5. The van der Waals surface area contributed by atoms with Gasteiger partial charge in [0.25, 0.3) is 5.91 Å². The Kier molecular flexibility index (Phi) is 7.38. The van der Waals surface area contributed by atoms with Crippen LogP contribution in [-0.2, 0) is 27.4 Å². The van der Waals surface area contributed by atoms with Crippen LogP contribution < -0.4 is 0 Å². The third-order valence-electron chi connectivity index (χ3n) is 5.12. The smallest absolute Gasteiger partial charge is 0.338 e. The number of nitrogens with zero attached hydrogens (tertiary/aromatic N) is 2. The lowest BCUT2D eigenvalue weighted by atomic mass is 10.1. The van der Waals surface area contributed by atoms with Gasteiger partial charge in [-0.1, -0.05) is 36.4 Å². The number of hydrogen-bond acceptors (Lipinski definition) is 5. The van der Waals surface area contributed by atoms with Crippen LogP contribution in [-0.4, -0.2) is 61.6 Å². The van der Waals surface area contributed by atoms with Gasteiger partial charge in [0.05, 0.1) is 18.8 Å². The lowest BCUT2D eigenvalue weighted by Gasteiger charge is -2.26. The third kappa shape index (κ3) is 6.14. The molecule has 0 bridgehead atoms. The first-order valence-corrected chi connectivity index (χ1v) is 9.87. The van der Waals surface area contributed by atoms with E-state index in [1.165, 1.54) is 0 Å². The van der Waals surface area contributed by atoms with Gasteiger partial charge >= 0.3 is 5.97 Å². The van der Waals surface area contributed by atoms with E-state index in [1.54, 1.807) is 24.1 Å². The number of rotatable bonds is 7. The summed E-state index contributed by atoms with van der Waals surface area (Å²) in [6.45, 7) is 6.42. The molecule has 6 nitrogen and oxygen atoms in total. The number of ether oxygens (including phenoxy) is 2. The third-order valence-corrected chi connectivity index (χ3v) is 5.12. The fourth-order valence-electron chi connectivity index (χ4n) is 3.22. The van der Waals surface area contributed by atoms with Crippen LogP contribution in [0.3, 0.4) is 0 Å². The Morgan fingerprint density at radius 2 is 1.76 bits per heavy atom. The maximum Gasteiger partial charge on any atom is 0.338 e. The van der Waals surface area contributed by atoms with E-state index >= 15 is 0 Å². The van der Waals surface area contributed by atoms with Crippen molar-refractivity contribution in [3.05, 3.63) is 70.8 Å². The van der Waals surface area contributed by atoms with Gasteiger partial charge in [-0.2, -0.15) is 0 Å². The van der Waals surface area contributed by atoms with Crippen molar-refractivity contribution in [3.8, 4) is 0 Å². The van der Waals surface area contributed by atoms with Crippen molar-refractivity contribution in [2.75, 3.05) is 40.0 Å². The van der Waals surface area contributed by atoms with E-state index < -0.39 is 5.97 Å². The normalized spacial score (nSPS) is 14.4. The topological polar surface area (TPSA) is 59.1 Å². The first-order chi connectivity index (χ1) is 14.0. The van der Waals surface area contributed by atoms with Crippen molar-refractivity contribution in [1.82, 2.24) is 9.80 Å². The Bertz CT molecular complexity index is 829. The fraction of sp³-hybridized carbons (Fsp3) is 0.391. The van der Waals surface area contributed by atoms with Crippen LogP contribution in [0.5, 0.6) is 0 Å². The average molecular weight is 396 g/mol. The zero-order valence-electron chi connectivity index (χ0n) is 17.1. The van der Waals surface area contributed by atoms with Crippen LogP contribution in [0.1, 0.15) is 27.0 Å². The number of esters is 1. The minimum absolute atomic E-state index is 0.231. The van der Waals surface area contributed by atoms with Gasteiger partial charge in [0, 0.05) is 33.2 Å². The van der Waals surface area contributed by atoms with Crippen molar-refractivity contribution >= 4 is 11.9 Å². The van der Waals surface area contributed by atoms with Crippen LogP contribution in [0, 0.1) is 6.92 Å². The van der Waals surface area contributed by atoms with E-state index in [1.807, 2.05) is 43.3 Å². The van der Waals surface area contributed by atoms with Gasteiger partial charge < -0.3 is 14.4 Å². The van der Waals surface area contributed by atoms with Gasteiger partial charge in [0.15, 0.2) is 6.61 Å². The molecule has 1 aliphatic heterocycles. The predicted molar refractivity (Wildman–Crippen MR) is 110 cm³/mol. The van der Waals surface area contributed by atoms with Crippen molar-refractivity contribution in [3.63, 3.8) is 0 Å². The molecule has 3 rings (SSSR count). The van der Waals surface area contributed by atoms with E-state index in [9.17, 15) is 9.59 Å². The van der Waals surface area contributed by atoms with Gasteiger partial charge in [-0.05, 0) is 35.7 Å². The summed E-state index contributed by atoms with van der Waals surface area (Å²) < 4.78 is 10.6. The molecule has 0 unspecified atom stereocenters. The molecule has 0 aliphatic carbocycles. The first kappa shape index (κ1) is 21.0. The summed E-state index contributed by atoms with van der Waals surface area (Å²) in [6, 6.07) is 15.3. The zero-order valence-corrected chi connectivity index (χ0v) is 17.1. The molecule has 29 heavy (non-hydrogen) atoms. The molecule has 1 aliphatic rings. The number of carbonyl (C=O) groups excluding carboxylic acids is 2. The minimum atomic E-state index is -0.486. The summed E-state index contributed by atoms with van der Waals surface area (Å²) in [7, 11) is 1.71. The molecule has 0 saturated carbocycles. The quantitative estimate of drug-likeness (QED) is 0.674. The molecule has 1 fully saturated rings. The Labute approximate surface area is 172 Å². The maximum atomic E-state index is 12.3. The van der Waals surface area contributed by atoms with Crippen LogP contribution >= 0.6 is 0 Å². The molecule has 0 radical (unpaired) electrons. The van der Waals surface area contributed by atoms with Crippen LogP contribution in [0.2, 0.25) is 0 Å². The summed E-state index contributed by atoms with van der Waals surface area (Å²) in [5, 5.41) is 0. The number of likely N-dealkylation sites (N-methyl/N-ethyl adjacent to an activating group) is 1. The molecule has 2 aromatic rings. The predicted octanol–water partition coefficient (Wildman–Crippen LogP) is 2.64. The van der Waals surface area contributed by atoms with Crippen LogP contribution in [0.25, 0.3) is 0 Å². The number of amides is 1. The highest BCUT2D eigenvalue weighted by Crippen LogP contribution is 2.12. The van der Waals surface area contributed by atoms with E-state index in [2.05, 4.69) is 4.90 Å². The van der Waals surface area contributed by atoms with Gasteiger partial charge in [-0.3, -0.25) is 9.69 Å². The van der Waals surface area contributed by atoms with Crippen LogP contribution in [0.15, 0.2) is 48.5 Å². The summed E-state index contributed by atoms with van der Waals surface area (Å²) in [5.74, 6) is -0.717. The van der Waals surface area contributed by atoms with Gasteiger partial charge in [-0.25, -0.2) is 4.79 Å². The summed E-state index contributed by atoms with van der Waals surface area (Å²) >= 11 is 0. The molecule has 1 amide bonds. The standard InChI is InChI=1S/C23H28N2O4/c1-18-5-3-4-6-21(18)16-24(2)22(26)17-29-23(27)20-9-7-19(8-10-20)15-25-11-13-28-14-12-25/h3-10H,11-17H2,1-2H3. The molecule has 0 N–H and O–H groups in total. The van der Waals surface area contributed by atoms with Crippen molar-refractivity contribution in [2.45, 2.75) is 20.0 Å². The molecule has 0 aromatic heterocycles. The van der Waals surface area contributed by atoms with E-state index in [4.69, 9.17) is 9.47 Å². The Morgan fingerprint density at radius 1 is 1.07 bits per heavy atom. The Morgan fingerprint density at radius 3 is 2.45 bits per heavy atom. The van der Waals surface area contributed by atoms with E-state index in [0.29, 0.717) is 12.1 Å². The number of carbonyl (C=O) groups is 2. The number of aryl methyl sites for hydroxylation is 1. The number of benzene rings is 2. The van der Waals surface area contributed by atoms with Gasteiger partial charge in [-0.15, -0.1) is 0 Å². The Balaban J connectivity index is 1.47. The largest absolute Gasteiger partial charge is 0.452 e. The molecular weight excluding hydrogens is 368 g/mol.